The number of thioether (sulfide) groups is 1. The van der Waals surface area contributed by atoms with E-state index in [9.17, 15) is 27.3 Å². The van der Waals surface area contributed by atoms with Gasteiger partial charge in [-0.25, -0.2) is 0 Å². The van der Waals surface area contributed by atoms with Crippen molar-refractivity contribution in [1.29, 1.82) is 0 Å². The third kappa shape index (κ3) is 4.20. The van der Waals surface area contributed by atoms with E-state index >= 15 is 0 Å². The van der Waals surface area contributed by atoms with Crippen molar-refractivity contribution in [1.82, 2.24) is 0 Å². The first-order valence-corrected chi connectivity index (χ1v) is 9.24. The van der Waals surface area contributed by atoms with Crippen LogP contribution in [0.1, 0.15) is 13.8 Å². The molecule has 130 valence electrons. The topological polar surface area (TPSA) is 66.4 Å². The van der Waals surface area contributed by atoms with E-state index in [0.29, 0.717) is 22.5 Å². The lowest BCUT2D eigenvalue weighted by Crippen LogP contribution is -2.52. The first-order chi connectivity index (χ1) is 10.5. The number of hydrogen-bond acceptors (Lipinski definition) is 4. The van der Waals surface area contributed by atoms with Crippen LogP contribution in [0.15, 0.2) is 21.9 Å². The Labute approximate surface area is 143 Å². The Morgan fingerprint density at radius 1 is 1.43 bits per heavy atom. The van der Waals surface area contributed by atoms with Crippen LogP contribution < -0.4 is 5.32 Å². The summed E-state index contributed by atoms with van der Waals surface area (Å²) in [5, 5.41) is 11.3. The Balaban J connectivity index is 3.22. The zero-order chi connectivity index (χ0) is 18.0. The Hall–Kier alpha value is -0.770. The number of halogens is 4. The molecule has 0 radical (unpaired) electrons. The van der Waals surface area contributed by atoms with Gasteiger partial charge in [0.1, 0.15) is 0 Å². The highest BCUT2D eigenvalue weighted by atomic mass is 35.5. The number of hydrogen-bond donors (Lipinski definition) is 2. The van der Waals surface area contributed by atoms with Crippen molar-refractivity contribution in [3.63, 3.8) is 0 Å². The molecule has 1 aromatic carbocycles. The van der Waals surface area contributed by atoms with Crippen molar-refractivity contribution in [3.05, 3.63) is 17.2 Å². The molecule has 0 fully saturated rings. The van der Waals surface area contributed by atoms with Crippen LogP contribution in [0.2, 0.25) is 5.02 Å². The maximum atomic E-state index is 12.7. The minimum atomic E-state index is -5.13. The van der Waals surface area contributed by atoms with Gasteiger partial charge in [0.25, 0.3) is 5.91 Å². The van der Waals surface area contributed by atoms with E-state index in [1.165, 1.54) is 12.1 Å². The van der Waals surface area contributed by atoms with Gasteiger partial charge >= 0.3 is 6.18 Å². The Kier molecular flexibility index (Phi) is 6.54. The molecule has 1 rings (SSSR count). The standard InChI is InChI=1S/C13H15ClF3NO3S2/c1-4-23(21)8-6-5-7(9(14)10(8)22-3)18-11(19)12(2,20)13(15,16)17/h5-6,20H,4H2,1-3H3,(H,18,19)/t12?,23-/m1/s1. The predicted molar refractivity (Wildman–Crippen MR) is 85.5 cm³/mol. The first-order valence-electron chi connectivity index (χ1n) is 6.32. The maximum absolute atomic E-state index is 12.7. The van der Waals surface area contributed by atoms with Crippen LogP contribution in [-0.2, 0) is 15.6 Å². The first kappa shape index (κ1) is 20.3. The highest BCUT2D eigenvalue weighted by molar-refractivity contribution is 7.99. The minimum absolute atomic E-state index is 0.0249. The minimum Gasteiger partial charge on any atom is -0.373 e. The van der Waals surface area contributed by atoms with Crippen LogP contribution >= 0.6 is 23.4 Å². The van der Waals surface area contributed by atoms with Crippen molar-refractivity contribution in [2.24, 2.45) is 0 Å². The second-order valence-corrected chi connectivity index (χ2v) is 7.52. The second-order valence-electron chi connectivity index (χ2n) is 4.62. The lowest BCUT2D eigenvalue weighted by Gasteiger charge is -2.25. The Bertz CT molecular complexity index is 636. The van der Waals surface area contributed by atoms with Gasteiger partial charge in [0.15, 0.2) is 0 Å². The van der Waals surface area contributed by atoms with Gasteiger partial charge in [0.05, 0.1) is 26.4 Å². The molecule has 0 spiro atoms. The normalized spacial score (nSPS) is 15.8. The fourth-order valence-electron chi connectivity index (χ4n) is 1.53. The number of carbonyl (C=O) groups is 1. The molecule has 23 heavy (non-hydrogen) atoms. The van der Waals surface area contributed by atoms with E-state index in [1.54, 1.807) is 13.2 Å². The average molecular weight is 390 g/mol. The summed E-state index contributed by atoms with van der Waals surface area (Å²) in [6.45, 7) is 2.07. The van der Waals surface area contributed by atoms with Crippen LogP contribution in [0.25, 0.3) is 0 Å². The van der Waals surface area contributed by atoms with Crippen LogP contribution in [0.5, 0.6) is 0 Å². The molecule has 1 amide bonds. The van der Waals surface area contributed by atoms with Crippen molar-refractivity contribution >= 4 is 45.8 Å². The number of anilines is 1. The molecule has 0 aliphatic heterocycles. The molecule has 0 saturated carbocycles. The summed E-state index contributed by atoms with van der Waals surface area (Å²) in [6, 6.07) is 2.69. The molecule has 0 heterocycles. The fourth-order valence-corrected chi connectivity index (χ4v) is 3.96. The third-order valence-electron chi connectivity index (χ3n) is 3.01. The zero-order valence-corrected chi connectivity index (χ0v) is 14.8. The molecule has 2 atom stereocenters. The molecule has 1 unspecified atom stereocenters. The van der Waals surface area contributed by atoms with Crippen molar-refractivity contribution in [3.8, 4) is 0 Å². The monoisotopic (exact) mass is 389 g/mol. The van der Waals surface area contributed by atoms with E-state index in [2.05, 4.69) is 0 Å². The number of amides is 1. The predicted octanol–water partition coefficient (Wildman–Crippen LogP) is 3.44. The van der Waals surface area contributed by atoms with Gasteiger partial charge in [0, 0.05) is 10.6 Å². The Morgan fingerprint density at radius 3 is 2.43 bits per heavy atom. The molecule has 0 saturated heterocycles. The molecular formula is C13H15ClF3NO3S2. The smallest absolute Gasteiger partial charge is 0.373 e. The highest BCUT2D eigenvalue weighted by Gasteiger charge is 2.55. The van der Waals surface area contributed by atoms with Gasteiger partial charge in [0.2, 0.25) is 5.60 Å². The summed E-state index contributed by atoms with van der Waals surface area (Å²) < 4.78 is 49.9. The summed E-state index contributed by atoms with van der Waals surface area (Å²) in [6.07, 6.45) is -3.47. The summed E-state index contributed by atoms with van der Waals surface area (Å²) >= 11 is 7.25. The largest absolute Gasteiger partial charge is 0.426 e. The van der Waals surface area contributed by atoms with Gasteiger partial charge in [-0.2, -0.15) is 13.2 Å². The van der Waals surface area contributed by atoms with Gasteiger partial charge in [-0.3, -0.25) is 9.00 Å². The number of carbonyl (C=O) groups excluding carboxylic acids is 1. The van der Waals surface area contributed by atoms with E-state index < -0.39 is 28.5 Å². The summed E-state index contributed by atoms with van der Waals surface area (Å²) in [5.41, 5.74) is -3.65. The number of alkyl halides is 3. The number of rotatable bonds is 5. The van der Waals surface area contributed by atoms with E-state index in [4.69, 9.17) is 11.6 Å². The molecule has 0 bridgehead atoms. The lowest BCUT2D eigenvalue weighted by atomic mass is 10.1. The summed E-state index contributed by atoms with van der Waals surface area (Å²) in [5.74, 6) is -1.30. The maximum Gasteiger partial charge on any atom is 0.426 e. The molecule has 10 heteroatoms. The van der Waals surface area contributed by atoms with Gasteiger partial charge < -0.3 is 10.4 Å². The number of aliphatic hydroxyl groups is 1. The molecule has 4 nitrogen and oxygen atoms in total. The molecule has 1 aromatic rings. The van der Waals surface area contributed by atoms with Crippen molar-refractivity contribution < 1.29 is 27.3 Å². The molecule has 0 aliphatic carbocycles. The molecule has 0 aromatic heterocycles. The SMILES string of the molecule is CC[S@@](=O)c1ccc(NC(=O)C(C)(O)C(F)(F)F)c(Cl)c1SC. The zero-order valence-electron chi connectivity index (χ0n) is 12.5. The van der Waals surface area contributed by atoms with Crippen LogP contribution in [-0.4, -0.2) is 39.0 Å². The number of nitrogens with one attached hydrogen (secondary N) is 1. The highest BCUT2D eigenvalue weighted by Crippen LogP contribution is 2.38. The quantitative estimate of drug-likeness (QED) is 0.757. The third-order valence-corrected chi connectivity index (χ3v) is 5.84. The summed E-state index contributed by atoms with van der Waals surface area (Å²) in [4.78, 5) is 12.5. The van der Waals surface area contributed by atoms with E-state index in [1.807, 2.05) is 5.32 Å². The summed E-state index contributed by atoms with van der Waals surface area (Å²) in [7, 11) is -1.31. The van der Waals surface area contributed by atoms with Gasteiger partial charge in [-0.05, 0) is 25.3 Å². The van der Waals surface area contributed by atoms with Crippen molar-refractivity contribution in [2.45, 2.75) is 35.4 Å². The van der Waals surface area contributed by atoms with Crippen LogP contribution in [0.4, 0.5) is 18.9 Å². The average Bonchev–Trinajstić information content (AvgIpc) is 2.46. The van der Waals surface area contributed by atoms with E-state index in [0.717, 1.165) is 11.8 Å². The molecule has 2 N–H and O–H groups in total. The lowest BCUT2D eigenvalue weighted by molar-refractivity contribution is -0.242. The van der Waals surface area contributed by atoms with Gasteiger partial charge in [-0.15, -0.1) is 11.8 Å². The molecular weight excluding hydrogens is 375 g/mol. The second kappa shape index (κ2) is 7.42. The van der Waals surface area contributed by atoms with Crippen LogP contribution in [0, 0.1) is 0 Å². The van der Waals surface area contributed by atoms with Crippen molar-refractivity contribution in [2.75, 3.05) is 17.3 Å². The van der Waals surface area contributed by atoms with E-state index in [-0.39, 0.29) is 10.7 Å². The van der Waals surface area contributed by atoms with Gasteiger partial charge in [-0.1, -0.05) is 18.5 Å². The fraction of sp³-hybridized carbons (Fsp3) is 0.462. The van der Waals surface area contributed by atoms with Crippen LogP contribution in [0.3, 0.4) is 0 Å². The Morgan fingerprint density at radius 2 is 2.00 bits per heavy atom. The number of benzene rings is 1. The molecule has 0 aliphatic rings.